The molecule has 0 aromatic heterocycles. The first-order chi connectivity index (χ1) is 8.81. The first kappa shape index (κ1) is 10.6. The van der Waals surface area contributed by atoms with Crippen LogP contribution in [0.15, 0.2) is 54.6 Å². The lowest BCUT2D eigenvalue weighted by Crippen LogP contribution is -1.97. The molecule has 3 aromatic rings. The Morgan fingerprint density at radius 1 is 0.889 bits per heavy atom. The molecule has 0 amide bonds. The predicted octanol–water partition coefficient (Wildman–Crippen LogP) is 3.81. The van der Waals surface area contributed by atoms with Crippen LogP contribution in [0.5, 0.6) is 0 Å². The van der Waals surface area contributed by atoms with Crippen LogP contribution < -0.4 is 0 Å². The molecule has 1 heteroatoms. The van der Waals surface area contributed by atoms with Crippen molar-refractivity contribution in [3.63, 3.8) is 0 Å². The highest BCUT2D eigenvalue weighted by Crippen LogP contribution is 2.28. The molecule has 0 atom stereocenters. The summed E-state index contributed by atoms with van der Waals surface area (Å²) < 4.78 is 0. The summed E-state index contributed by atoms with van der Waals surface area (Å²) in [5.74, 6) is 1.97. The van der Waals surface area contributed by atoms with Crippen molar-refractivity contribution in [2.75, 3.05) is 0 Å². The molecule has 3 rings (SSSR count). The van der Waals surface area contributed by atoms with Gasteiger partial charge in [0, 0.05) is 5.56 Å². The fraction of sp³-hybridized carbons (Fsp3) is 0. The molecule has 0 heterocycles. The zero-order valence-electron chi connectivity index (χ0n) is 9.68. The summed E-state index contributed by atoms with van der Waals surface area (Å²) in [6.45, 7) is 0. The molecule has 0 aliphatic heterocycles. The molecule has 84 valence electrons. The molecule has 0 aliphatic rings. The van der Waals surface area contributed by atoms with Crippen LogP contribution in [0, 0.1) is 12.3 Å². The van der Waals surface area contributed by atoms with E-state index in [-0.39, 0.29) is 5.78 Å². The number of fused-ring (bicyclic) bond motifs is 2. The lowest BCUT2D eigenvalue weighted by Gasteiger charge is -2.08. The van der Waals surface area contributed by atoms with Gasteiger partial charge in [-0.1, -0.05) is 48.5 Å². The van der Waals surface area contributed by atoms with E-state index in [4.69, 9.17) is 6.42 Å². The second-order valence-corrected chi connectivity index (χ2v) is 4.17. The van der Waals surface area contributed by atoms with Gasteiger partial charge in [0.1, 0.15) is 0 Å². The summed E-state index contributed by atoms with van der Waals surface area (Å²) in [7, 11) is 0. The van der Waals surface area contributed by atoms with Gasteiger partial charge in [-0.2, -0.15) is 0 Å². The average Bonchev–Trinajstić information content (AvgIpc) is 2.44. The lowest BCUT2D eigenvalue weighted by atomic mass is 9.94. The molecular weight excluding hydrogens is 220 g/mol. The van der Waals surface area contributed by atoms with Gasteiger partial charge >= 0.3 is 0 Å². The van der Waals surface area contributed by atoms with Crippen molar-refractivity contribution in [2.45, 2.75) is 0 Å². The third-order valence-electron chi connectivity index (χ3n) is 3.13. The zero-order valence-corrected chi connectivity index (χ0v) is 9.68. The Morgan fingerprint density at radius 2 is 1.39 bits per heavy atom. The number of benzene rings is 3. The number of hydrogen-bond donors (Lipinski definition) is 0. The number of hydrogen-bond acceptors (Lipinski definition) is 1. The van der Waals surface area contributed by atoms with E-state index < -0.39 is 0 Å². The van der Waals surface area contributed by atoms with Gasteiger partial charge in [-0.3, -0.25) is 4.79 Å². The van der Waals surface area contributed by atoms with E-state index in [1.165, 1.54) is 0 Å². The third-order valence-corrected chi connectivity index (χ3v) is 3.13. The summed E-state index contributed by atoms with van der Waals surface area (Å²) in [6, 6.07) is 17.7. The second-order valence-electron chi connectivity index (χ2n) is 4.17. The van der Waals surface area contributed by atoms with Gasteiger partial charge in [0.25, 0.3) is 0 Å². The van der Waals surface area contributed by atoms with Crippen LogP contribution in [0.4, 0.5) is 0 Å². The van der Waals surface area contributed by atoms with Gasteiger partial charge in [-0.05, 0) is 33.5 Å². The zero-order chi connectivity index (χ0) is 12.5. The fourth-order valence-electron chi connectivity index (χ4n) is 2.33. The van der Waals surface area contributed by atoms with Crippen molar-refractivity contribution in [1.29, 1.82) is 0 Å². The number of rotatable bonds is 1. The largest absolute Gasteiger partial charge is 0.279 e. The van der Waals surface area contributed by atoms with Crippen molar-refractivity contribution < 1.29 is 4.79 Å². The minimum absolute atomic E-state index is 0.261. The van der Waals surface area contributed by atoms with Gasteiger partial charge in [-0.15, -0.1) is 6.42 Å². The van der Waals surface area contributed by atoms with E-state index in [9.17, 15) is 4.79 Å². The minimum atomic E-state index is -0.261. The number of terminal acetylenes is 1. The molecule has 18 heavy (non-hydrogen) atoms. The second kappa shape index (κ2) is 4.01. The van der Waals surface area contributed by atoms with Gasteiger partial charge in [0.2, 0.25) is 5.78 Å². The average molecular weight is 230 g/mol. The summed E-state index contributed by atoms with van der Waals surface area (Å²) in [6.07, 6.45) is 5.29. The highest BCUT2D eigenvalue weighted by molar-refractivity contribution is 6.24. The van der Waals surface area contributed by atoms with E-state index in [1.54, 1.807) is 0 Å². The van der Waals surface area contributed by atoms with E-state index in [0.717, 1.165) is 21.5 Å². The minimum Gasteiger partial charge on any atom is -0.279 e. The third kappa shape index (κ3) is 1.48. The molecule has 0 unspecified atom stereocenters. The number of Topliss-reactive ketones (excluding diaryl/α,β-unsaturated/α-hetero) is 1. The molecule has 0 bridgehead atoms. The van der Waals surface area contributed by atoms with Gasteiger partial charge < -0.3 is 0 Å². The van der Waals surface area contributed by atoms with Crippen LogP contribution in [0.2, 0.25) is 0 Å². The van der Waals surface area contributed by atoms with Crippen molar-refractivity contribution in [2.24, 2.45) is 0 Å². The maximum atomic E-state index is 12.0. The Bertz CT molecular complexity index is 753. The molecule has 0 saturated heterocycles. The fourth-order valence-corrected chi connectivity index (χ4v) is 2.33. The van der Waals surface area contributed by atoms with Gasteiger partial charge in [0.05, 0.1) is 0 Å². The Labute approximate surface area is 105 Å². The van der Waals surface area contributed by atoms with E-state index >= 15 is 0 Å². The topological polar surface area (TPSA) is 17.1 Å². The molecule has 1 nitrogen and oxygen atoms in total. The van der Waals surface area contributed by atoms with Crippen LogP contribution in [0.1, 0.15) is 10.4 Å². The SMILES string of the molecule is C#CC(=O)c1c2ccccc2cc2ccccc12. The lowest BCUT2D eigenvalue weighted by molar-refractivity contribution is 0.105. The van der Waals surface area contributed by atoms with Crippen LogP contribution in [-0.4, -0.2) is 5.78 Å². The van der Waals surface area contributed by atoms with Crippen LogP contribution in [0.25, 0.3) is 21.5 Å². The molecule has 0 aliphatic carbocycles. The van der Waals surface area contributed by atoms with Crippen molar-refractivity contribution in [3.05, 3.63) is 60.2 Å². The maximum absolute atomic E-state index is 12.0. The number of carbonyl (C=O) groups is 1. The monoisotopic (exact) mass is 230 g/mol. The van der Waals surface area contributed by atoms with Crippen LogP contribution in [0.3, 0.4) is 0 Å². The van der Waals surface area contributed by atoms with E-state index in [2.05, 4.69) is 12.0 Å². The maximum Gasteiger partial charge on any atom is 0.236 e. The van der Waals surface area contributed by atoms with E-state index in [1.807, 2.05) is 48.5 Å². The summed E-state index contributed by atoms with van der Waals surface area (Å²) in [5, 5.41) is 3.91. The van der Waals surface area contributed by atoms with E-state index in [0.29, 0.717) is 5.56 Å². The quantitative estimate of drug-likeness (QED) is 0.269. The first-order valence-corrected chi connectivity index (χ1v) is 5.72. The normalized spacial score (nSPS) is 10.4. The molecule has 0 radical (unpaired) electrons. The summed E-state index contributed by atoms with van der Waals surface area (Å²) in [4.78, 5) is 12.0. The summed E-state index contributed by atoms with van der Waals surface area (Å²) >= 11 is 0. The van der Waals surface area contributed by atoms with Crippen LogP contribution in [-0.2, 0) is 0 Å². The molecular formula is C17H10O. The Hall–Kier alpha value is -2.59. The Kier molecular flexibility index (Phi) is 2.35. The van der Waals surface area contributed by atoms with Gasteiger partial charge in [0.15, 0.2) is 0 Å². The van der Waals surface area contributed by atoms with Crippen molar-refractivity contribution >= 4 is 27.3 Å². The first-order valence-electron chi connectivity index (χ1n) is 5.72. The highest BCUT2D eigenvalue weighted by atomic mass is 16.1. The van der Waals surface area contributed by atoms with Gasteiger partial charge in [-0.25, -0.2) is 0 Å². The van der Waals surface area contributed by atoms with Crippen LogP contribution >= 0.6 is 0 Å². The number of ketones is 1. The predicted molar refractivity (Wildman–Crippen MR) is 74.6 cm³/mol. The van der Waals surface area contributed by atoms with Crippen molar-refractivity contribution in [1.82, 2.24) is 0 Å². The molecule has 0 fully saturated rings. The molecule has 0 spiro atoms. The molecule has 0 N–H and O–H groups in total. The Balaban J connectivity index is 2.59. The molecule has 0 saturated carbocycles. The molecule has 3 aromatic carbocycles. The Morgan fingerprint density at radius 3 is 1.89 bits per heavy atom. The van der Waals surface area contributed by atoms with Crippen molar-refractivity contribution in [3.8, 4) is 12.3 Å². The number of carbonyl (C=O) groups excluding carboxylic acids is 1. The summed E-state index contributed by atoms with van der Waals surface area (Å²) in [5.41, 5.74) is 0.631. The smallest absolute Gasteiger partial charge is 0.236 e. The highest BCUT2D eigenvalue weighted by Gasteiger charge is 2.12. The standard InChI is InChI=1S/C17H10O/c1-2-16(18)17-14-9-5-3-7-12(14)11-13-8-4-6-10-15(13)17/h1,3-11H.